The van der Waals surface area contributed by atoms with Gasteiger partial charge in [0.25, 0.3) is 10.0 Å². The predicted octanol–water partition coefficient (Wildman–Crippen LogP) is 2.68. The van der Waals surface area contributed by atoms with Gasteiger partial charge in [-0.2, -0.15) is 0 Å². The predicted molar refractivity (Wildman–Crippen MR) is 92.9 cm³/mol. The normalized spacial score (nSPS) is 14.2. The van der Waals surface area contributed by atoms with Crippen LogP contribution in [0.5, 0.6) is 5.75 Å². The van der Waals surface area contributed by atoms with E-state index in [2.05, 4.69) is 0 Å². The molecule has 0 spiro atoms. The van der Waals surface area contributed by atoms with E-state index in [1.165, 1.54) is 42.6 Å². The Labute approximate surface area is 146 Å². The Balaban J connectivity index is 2.12. The first-order chi connectivity index (χ1) is 11.9. The third-order valence-corrected chi connectivity index (χ3v) is 5.97. The molecule has 2 aromatic carbocycles. The molecule has 0 saturated carbocycles. The van der Waals surface area contributed by atoms with Gasteiger partial charge in [-0.05, 0) is 31.2 Å². The maximum absolute atomic E-state index is 13.1. The van der Waals surface area contributed by atoms with Crippen molar-refractivity contribution in [1.82, 2.24) is 0 Å². The quantitative estimate of drug-likeness (QED) is 0.784. The molecule has 0 bridgehead atoms. The van der Waals surface area contributed by atoms with Gasteiger partial charge in [-0.1, -0.05) is 18.2 Å². The molecule has 3 rings (SSSR count). The zero-order chi connectivity index (χ0) is 18.2. The monoisotopic (exact) mass is 359 g/mol. The number of anilines is 1. The van der Waals surface area contributed by atoms with E-state index in [-0.39, 0.29) is 35.1 Å². The minimum atomic E-state index is -3.88. The Morgan fingerprint density at radius 3 is 2.40 bits per heavy atom. The summed E-state index contributed by atoms with van der Waals surface area (Å²) in [4.78, 5) is 23.6. The number of para-hydroxylation sites is 1. The highest BCUT2D eigenvalue weighted by atomic mass is 32.2. The number of ether oxygens (including phenoxy) is 1. The molecule has 25 heavy (non-hydrogen) atoms. The highest BCUT2D eigenvalue weighted by Gasteiger charge is 2.34. The number of carbonyl (C=O) groups is 2. The number of nitrogens with zero attached hydrogens (tertiary/aromatic N) is 1. The van der Waals surface area contributed by atoms with Gasteiger partial charge in [0.15, 0.2) is 11.6 Å². The standard InChI is InChI=1S/C18H17NO5S/c1-12(20)13-6-8-14(9-7-13)25(22,23)19-11-10-16(21)15-4-3-5-17(24-2)18(15)19/h3-9H,10-11H2,1-2H3. The number of methoxy groups -OCH3 is 1. The summed E-state index contributed by atoms with van der Waals surface area (Å²) in [6.45, 7) is 1.46. The highest BCUT2D eigenvalue weighted by Crippen LogP contribution is 2.39. The molecule has 0 unspecified atom stereocenters. The lowest BCUT2D eigenvalue weighted by atomic mass is 10.0. The van der Waals surface area contributed by atoms with Crippen LogP contribution >= 0.6 is 0 Å². The van der Waals surface area contributed by atoms with Crippen molar-refractivity contribution in [3.05, 3.63) is 53.6 Å². The van der Waals surface area contributed by atoms with Crippen molar-refractivity contribution >= 4 is 27.3 Å². The van der Waals surface area contributed by atoms with Gasteiger partial charge in [-0.15, -0.1) is 0 Å². The summed E-state index contributed by atoms with van der Waals surface area (Å²) in [7, 11) is -2.45. The SMILES string of the molecule is COc1cccc2c1N(S(=O)(=O)c1ccc(C(C)=O)cc1)CCC2=O. The van der Waals surface area contributed by atoms with Crippen molar-refractivity contribution in [2.24, 2.45) is 0 Å². The van der Waals surface area contributed by atoms with E-state index < -0.39 is 10.0 Å². The average molecular weight is 359 g/mol. The van der Waals surface area contributed by atoms with Gasteiger partial charge in [-0.25, -0.2) is 8.42 Å². The van der Waals surface area contributed by atoms with Crippen molar-refractivity contribution in [3.8, 4) is 5.75 Å². The lowest BCUT2D eigenvalue weighted by Gasteiger charge is -2.31. The molecule has 0 fully saturated rings. The summed E-state index contributed by atoms with van der Waals surface area (Å²) in [6.07, 6.45) is 0.102. The molecule has 2 aromatic rings. The molecule has 0 amide bonds. The number of fused-ring (bicyclic) bond motifs is 1. The van der Waals surface area contributed by atoms with Crippen molar-refractivity contribution in [3.63, 3.8) is 0 Å². The second-order valence-corrected chi connectivity index (χ2v) is 7.55. The molecule has 0 N–H and O–H groups in total. The topological polar surface area (TPSA) is 80.8 Å². The van der Waals surface area contributed by atoms with Crippen LogP contribution in [0.15, 0.2) is 47.4 Å². The van der Waals surface area contributed by atoms with Crippen molar-refractivity contribution in [2.45, 2.75) is 18.2 Å². The first kappa shape index (κ1) is 17.2. The molecule has 1 heterocycles. The fourth-order valence-electron chi connectivity index (χ4n) is 2.85. The number of carbonyl (C=O) groups excluding carboxylic acids is 2. The minimum Gasteiger partial charge on any atom is -0.495 e. The Kier molecular flexibility index (Phi) is 4.34. The van der Waals surface area contributed by atoms with Gasteiger partial charge < -0.3 is 4.74 Å². The van der Waals surface area contributed by atoms with E-state index in [0.717, 1.165) is 0 Å². The van der Waals surface area contributed by atoms with Gasteiger partial charge >= 0.3 is 0 Å². The number of sulfonamides is 1. The van der Waals surface area contributed by atoms with Gasteiger partial charge in [-0.3, -0.25) is 13.9 Å². The second-order valence-electron chi connectivity index (χ2n) is 5.69. The number of hydrogen-bond acceptors (Lipinski definition) is 5. The van der Waals surface area contributed by atoms with Crippen LogP contribution in [0.2, 0.25) is 0 Å². The van der Waals surface area contributed by atoms with Gasteiger partial charge in [0, 0.05) is 24.1 Å². The van der Waals surface area contributed by atoms with Crippen LogP contribution in [0.1, 0.15) is 34.1 Å². The molecule has 7 heteroatoms. The Morgan fingerprint density at radius 1 is 1.12 bits per heavy atom. The molecule has 0 aromatic heterocycles. The van der Waals surface area contributed by atoms with E-state index in [4.69, 9.17) is 4.74 Å². The maximum Gasteiger partial charge on any atom is 0.264 e. The molecule has 1 aliphatic heterocycles. The van der Waals surface area contributed by atoms with E-state index in [0.29, 0.717) is 16.9 Å². The Bertz CT molecular complexity index is 948. The molecule has 0 saturated heterocycles. The molecular formula is C18H17NO5S. The number of rotatable bonds is 4. The minimum absolute atomic E-state index is 0.0446. The van der Waals surface area contributed by atoms with E-state index >= 15 is 0 Å². The molecule has 130 valence electrons. The van der Waals surface area contributed by atoms with Crippen LogP contribution in [0.3, 0.4) is 0 Å². The van der Waals surface area contributed by atoms with Gasteiger partial charge in [0.2, 0.25) is 0 Å². The lowest BCUT2D eigenvalue weighted by Crippen LogP contribution is -2.37. The number of hydrogen-bond donors (Lipinski definition) is 0. The van der Waals surface area contributed by atoms with Crippen molar-refractivity contribution < 1.29 is 22.7 Å². The summed E-state index contributed by atoms with van der Waals surface area (Å²) < 4.78 is 32.6. The number of ketones is 2. The molecular weight excluding hydrogens is 342 g/mol. The van der Waals surface area contributed by atoms with E-state index in [9.17, 15) is 18.0 Å². The number of Topliss-reactive ketones (excluding diaryl/α,β-unsaturated/α-hetero) is 2. The molecule has 0 aliphatic carbocycles. The van der Waals surface area contributed by atoms with Crippen LogP contribution in [0.4, 0.5) is 5.69 Å². The second kappa shape index (κ2) is 6.33. The van der Waals surface area contributed by atoms with Crippen molar-refractivity contribution in [2.75, 3.05) is 18.0 Å². The van der Waals surface area contributed by atoms with E-state index in [1.54, 1.807) is 18.2 Å². The summed E-state index contributed by atoms with van der Waals surface area (Å²) in [5.41, 5.74) is 1.03. The van der Waals surface area contributed by atoms with Crippen LogP contribution in [0.25, 0.3) is 0 Å². The summed E-state index contributed by atoms with van der Waals surface area (Å²) in [5.74, 6) is 0.0706. The average Bonchev–Trinajstić information content (AvgIpc) is 2.61. The van der Waals surface area contributed by atoms with Crippen LogP contribution in [0, 0.1) is 0 Å². The zero-order valence-corrected chi connectivity index (χ0v) is 14.7. The van der Waals surface area contributed by atoms with Crippen LogP contribution in [-0.4, -0.2) is 33.6 Å². The molecule has 6 nitrogen and oxygen atoms in total. The smallest absolute Gasteiger partial charge is 0.264 e. The summed E-state index contributed by atoms with van der Waals surface area (Å²) in [6, 6.07) is 10.6. The molecule has 0 radical (unpaired) electrons. The molecule has 0 atom stereocenters. The fourth-order valence-corrected chi connectivity index (χ4v) is 4.34. The van der Waals surface area contributed by atoms with Gasteiger partial charge in [0.05, 0.1) is 12.0 Å². The third kappa shape index (κ3) is 2.91. The third-order valence-electron chi connectivity index (χ3n) is 4.16. The largest absolute Gasteiger partial charge is 0.495 e. The highest BCUT2D eigenvalue weighted by molar-refractivity contribution is 7.92. The zero-order valence-electron chi connectivity index (χ0n) is 13.9. The fraction of sp³-hybridized carbons (Fsp3) is 0.222. The first-order valence-corrected chi connectivity index (χ1v) is 9.14. The summed E-state index contributed by atoms with van der Waals surface area (Å²) in [5, 5.41) is 0. The van der Waals surface area contributed by atoms with E-state index in [1.807, 2.05) is 0 Å². The first-order valence-electron chi connectivity index (χ1n) is 7.70. The Morgan fingerprint density at radius 2 is 1.80 bits per heavy atom. The summed E-state index contributed by atoms with van der Waals surface area (Å²) >= 11 is 0. The lowest BCUT2D eigenvalue weighted by molar-refractivity contribution is 0.0979. The van der Waals surface area contributed by atoms with Crippen LogP contribution in [-0.2, 0) is 10.0 Å². The maximum atomic E-state index is 13.1. The molecule has 1 aliphatic rings. The Hall–Kier alpha value is -2.67. The number of benzene rings is 2. The van der Waals surface area contributed by atoms with Crippen molar-refractivity contribution in [1.29, 1.82) is 0 Å². The van der Waals surface area contributed by atoms with Crippen LogP contribution < -0.4 is 9.04 Å². The van der Waals surface area contributed by atoms with Gasteiger partial charge in [0.1, 0.15) is 11.4 Å².